The monoisotopic (exact) mass is 174 g/mol. The highest BCUT2D eigenvalue weighted by atomic mass is 14.2. The van der Waals surface area contributed by atoms with Crippen LogP contribution in [-0.2, 0) is 0 Å². The summed E-state index contributed by atoms with van der Waals surface area (Å²) >= 11 is 0. The molecule has 0 bridgehead atoms. The molecule has 0 saturated heterocycles. The molecule has 1 atom stereocenters. The molecule has 0 nitrogen and oxygen atoms in total. The van der Waals surface area contributed by atoms with Gasteiger partial charge in [-0.05, 0) is 11.3 Å². The summed E-state index contributed by atoms with van der Waals surface area (Å²) in [5.74, 6) is 0.850. The van der Waals surface area contributed by atoms with Gasteiger partial charge in [-0.15, -0.1) is 0 Å². The Bertz CT molecular complexity index is 56.9. The van der Waals surface area contributed by atoms with Gasteiger partial charge < -0.3 is 0 Å². The first-order chi connectivity index (χ1) is 5.48. The summed E-state index contributed by atoms with van der Waals surface area (Å²) in [6.45, 7) is 19.4. The van der Waals surface area contributed by atoms with Gasteiger partial charge in [-0.1, -0.05) is 68.7 Å². The molecule has 0 aliphatic heterocycles. The second-order valence-corrected chi connectivity index (χ2v) is 3.68. The first-order valence-electron chi connectivity index (χ1n) is 5.48. The van der Waals surface area contributed by atoms with Crippen molar-refractivity contribution in [3.63, 3.8) is 0 Å². The van der Waals surface area contributed by atoms with Crippen molar-refractivity contribution in [2.75, 3.05) is 0 Å². The van der Waals surface area contributed by atoms with Gasteiger partial charge in [0.25, 0.3) is 0 Å². The molecule has 78 valence electrons. The topological polar surface area (TPSA) is 0 Å². The van der Waals surface area contributed by atoms with Crippen LogP contribution in [0, 0.1) is 11.3 Å². The number of rotatable bonds is 1. The molecule has 0 radical (unpaired) electrons. The van der Waals surface area contributed by atoms with Gasteiger partial charge in [0.05, 0.1) is 0 Å². The van der Waals surface area contributed by atoms with Crippen LogP contribution in [0.5, 0.6) is 0 Å². The molecule has 0 heteroatoms. The molecule has 0 rings (SSSR count). The molecular formula is C12H30. The minimum Gasteiger partial charge on any atom is -0.0683 e. The highest BCUT2D eigenvalue weighted by molar-refractivity contribution is 4.67. The van der Waals surface area contributed by atoms with Gasteiger partial charge >= 0.3 is 0 Å². The summed E-state index contributed by atoms with van der Waals surface area (Å²) in [5, 5.41) is 0. The van der Waals surface area contributed by atoms with Crippen LogP contribution >= 0.6 is 0 Å². The zero-order valence-electron chi connectivity index (χ0n) is 10.8. The molecular weight excluding hydrogens is 144 g/mol. The normalized spacial score (nSPS) is 11.8. The molecule has 0 saturated carbocycles. The summed E-state index contributed by atoms with van der Waals surface area (Å²) in [4.78, 5) is 0. The summed E-state index contributed by atoms with van der Waals surface area (Å²) in [6, 6.07) is 0. The largest absolute Gasteiger partial charge is 0.0683 e. The Morgan fingerprint density at radius 3 is 1.17 bits per heavy atom. The highest BCUT2D eigenvalue weighted by Crippen LogP contribution is 2.27. The van der Waals surface area contributed by atoms with Crippen molar-refractivity contribution in [3.05, 3.63) is 0 Å². The maximum Gasteiger partial charge on any atom is -0.0357 e. The summed E-state index contributed by atoms with van der Waals surface area (Å²) in [7, 11) is 0. The molecule has 0 aliphatic rings. The highest BCUT2D eigenvalue weighted by Gasteiger charge is 2.16. The zero-order valence-corrected chi connectivity index (χ0v) is 10.8. The molecule has 0 amide bonds. The van der Waals surface area contributed by atoms with Gasteiger partial charge in [0.1, 0.15) is 0 Å². The van der Waals surface area contributed by atoms with Crippen LogP contribution < -0.4 is 0 Å². The van der Waals surface area contributed by atoms with Crippen molar-refractivity contribution in [2.45, 2.75) is 68.7 Å². The third-order valence-corrected chi connectivity index (χ3v) is 2.09. The second kappa shape index (κ2) is 11.0. The van der Waals surface area contributed by atoms with E-state index in [4.69, 9.17) is 0 Å². The lowest BCUT2D eigenvalue weighted by atomic mass is 9.81. The van der Waals surface area contributed by atoms with Gasteiger partial charge in [0, 0.05) is 0 Å². The van der Waals surface area contributed by atoms with Crippen molar-refractivity contribution in [1.29, 1.82) is 0 Å². The Morgan fingerprint density at radius 2 is 1.17 bits per heavy atom. The van der Waals surface area contributed by atoms with E-state index in [1.165, 1.54) is 6.42 Å². The van der Waals surface area contributed by atoms with E-state index in [0.717, 1.165) is 5.92 Å². The van der Waals surface area contributed by atoms with Gasteiger partial charge in [-0.25, -0.2) is 0 Å². The van der Waals surface area contributed by atoms with Crippen molar-refractivity contribution >= 4 is 0 Å². The smallest absolute Gasteiger partial charge is 0.0357 e. The van der Waals surface area contributed by atoms with Crippen LogP contribution in [0.2, 0.25) is 0 Å². The minimum absolute atomic E-state index is 0.509. The molecule has 0 aromatic rings. The summed E-state index contributed by atoms with van der Waals surface area (Å²) in [5.41, 5.74) is 0.509. The van der Waals surface area contributed by atoms with Gasteiger partial charge in [-0.2, -0.15) is 0 Å². The minimum atomic E-state index is 0.509. The van der Waals surface area contributed by atoms with Crippen LogP contribution in [-0.4, -0.2) is 0 Å². The Hall–Kier alpha value is 0. The third kappa shape index (κ3) is 12.7. The fourth-order valence-corrected chi connectivity index (χ4v) is 0.612. The zero-order chi connectivity index (χ0) is 10.8. The average Bonchev–Trinajstić information content (AvgIpc) is 2.08. The van der Waals surface area contributed by atoms with E-state index in [2.05, 4.69) is 34.6 Å². The molecule has 0 N–H and O–H groups in total. The van der Waals surface area contributed by atoms with Crippen molar-refractivity contribution in [1.82, 2.24) is 0 Å². The summed E-state index contributed by atoms with van der Waals surface area (Å²) < 4.78 is 0. The Kier molecular flexibility index (Phi) is 16.4. The predicted molar refractivity (Wildman–Crippen MR) is 61.6 cm³/mol. The standard InChI is InChI=1S/C8H18.2C2H6/c1-6-7(2)8(3,4)5;2*1-2/h7H,6H2,1-5H3;2*1-2H3. The first-order valence-corrected chi connectivity index (χ1v) is 5.48. The van der Waals surface area contributed by atoms with E-state index >= 15 is 0 Å². The lowest BCUT2D eigenvalue weighted by Gasteiger charge is -2.25. The lowest BCUT2D eigenvalue weighted by molar-refractivity contribution is 0.254. The SMILES string of the molecule is CC.CC.CCC(C)C(C)(C)C. The van der Waals surface area contributed by atoms with Crippen LogP contribution in [0.15, 0.2) is 0 Å². The molecule has 0 fully saturated rings. The van der Waals surface area contributed by atoms with Crippen molar-refractivity contribution < 1.29 is 0 Å². The maximum absolute atomic E-state index is 2.31. The fourth-order valence-electron chi connectivity index (χ4n) is 0.612. The van der Waals surface area contributed by atoms with E-state index in [-0.39, 0.29) is 0 Å². The quantitative estimate of drug-likeness (QED) is 0.517. The van der Waals surface area contributed by atoms with E-state index in [9.17, 15) is 0 Å². The third-order valence-electron chi connectivity index (χ3n) is 2.09. The Morgan fingerprint density at radius 1 is 0.917 bits per heavy atom. The lowest BCUT2D eigenvalue weighted by Crippen LogP contribution is -2.15. The van der Waals surface area contributed by atoms with Crippen molar-refractivity contribution in [2.24, 2.45) is 11.3 Å². The van der Waals surface area contributed by atoms with Crippen LogP contribution in [0.4, 0.5) is 0 Å². The molecule has 0 aliphatic carbocycles. The molecule has 0 heterocycles. The van der Waals surface area contributed by atoms with Gasteiger partial charge in [0.15, 0.2) is 0 Å². The summed E-state index contributed by atoms with van der Waals surface area (Å²) in [6.07, 6.45) is 1.30. The Labute approximate surface area is 80.8 Å². The molecule has 0 aromatic carbocycles. The number of hydrogen-bond acceptors (Lipinski definition) is 0. The fraction of sp³-hybridized carbons (Fsp3) is 1.00. The molecule has 0 spiro atoms. The first kappa shape index (κ1) is 17.9. The van der Waals surface area contributed by atoms with Crippen LogP contribution in [0.1, 0.15) is 68.7 Å². The molecule has 0 aromatic heterocycles. The molecule has 12 heavy (non-hydrogen) atoms. The van der Waals surface area contributed by atoms with E-state index in [1.807, 2.05) is 27.7 Å². The van der Waals surface area contributed by atoms with Crippen LogP contribution in [0.3, 0.4) is 0 Å². The van der Waals surface area contributed by atoms with Crippen LogP contribution in [0.25, 0.3) is 0 Å². The second-order valence-electron chi connectivity index (χ2n) is 3.68. The van der Waals surface area contributed by atoms with E-state index < -0.39 is 0 Å². The number of hydrogen-bond donors (Lipinski definition) is 0. The van der Waals surface area contributed by atoms with Crippen molar-refractivity contribution in [3.8, 4) is 0 Å². The maximum atomic E-state index is 2.31. The van der Waals surface area contributed by atoms with Gasteiger partial charge in [0.2, 0.25) is 0 Å². The van der Waals surface area contributed by atoms with E-state index in [0.29, 0.717) is 5.41 Å². The van der Waals surface area contributed by atoms with Gasteiger partial charge in [-0.3, -0.25) is 0 Å². The predicted octanol–water partition coefficient (Wildman–Crippen LogP) is 5.13. The van der Waals surface area contributed by atoms with E-state index in [1.54, 1.807) is 0 Å². The molecule has 1 unspecified atom stereocenters. The average molecular weight is 174 g/mol. The Balaban J connectivity index is -0.000000175.